The molecule has 0 aliphatic heterocycles. The number of fused-ring (bicyclic) bond motifs is 16. The van der Waals surface area contributed by atoms with Gasteiger partial charge in [0.2, 0.25) is 0 Å². The van der Waals surface area contributed by atoms with E-state index in [1.165, 1.54) is 55.3 Å². The second-order valence-corrected chi connectivity index (χ2v) is 18.2. The van der Waals surface area contributed by atoms with Crippen molar-refractivity contribution in [3.05, 3.63) is 253 Å². The van der Waals surface area contributed by atoms with Gasteiger partial charge >= 0.3 is 0 Å². The molecule has 13 aromatic rings. The minimum Gasteiger partial charge on any atom is -0.455 e. The van der Waals surface area contributed by atoms with Crippen molar-refractivity contribution in [1.82, 2.24) is 19.5 Å². The Morgan fingerprint density at radius 1 is 0.319 bits per heavy atom. The zero-order valence-corrected chi connectivity index (χ0v) is 37.1. The van der Waals surface area contributed by atoms with Gasteiger partial charge in [0.25, 0.3) is 0 Å². The number of aromatic nitrogens is 4. The van der Waals surface area contributed by atoms with Gasteiger partial charge in [0.15, 0.2) is 17.5 Å². The molecule has 2 aliphatic rings. The van der Waals surface area contributed by atoms with Crippen molar-refractivity contribution in [1.29, 1.82) is 0 Å². The van der Waals surface area contributed by atoms with Gasteiger partial charge in [-0.1, -0.05) is 188 Å². The van der Waals surface area contributed by atoms with Crippen molar-refractivity contribution in [3.8, 4) is 73.2 Å². The van der Waals surface area contributed by atoms with E-state index in [9.17, 15) is 0 Å². The molecule has 2 aliphatic carbocycles. The molecule has 0 N–H and O–H groups in total. The summed E-state index contributed by atoms with van der Waals surface area (Å²) in [5, 5.41) is 4.54. The van der Waals surface area contributed by atoms with Crippen molar-refractivity contribution in [2.24, 2.45) is 0 Å². The fourth-order valence-electron chi connectivity index (χ4n) is 11.7. The Bertz CT molecular complexity index is 4210. The molecule has 3 aromatic heterocycles. The van der Waals surface area contributed by atoms with E-state index >= 15 is 0 Å². The van der Waals surface area contributed by atoms with Gasteiger partial charge in [0, 0.05) is 49.5 Å². The second kappa shape index (κ2) is 14.4. The first-order valence-corrected chi connectivity index (χ1v) is 23.5. The Balaban J connectivity index is 0.911. The normalized spacial score (nSPS) is 13.0. The lowest BCUT2D eigenvalue weighted by atomic mass is 9.70. The predicted molar refractivity (Wildman–Crippen MR) is 279 cm³/mol. The molecule has 320 valence electrons. The van der Waals surface area contributed by atoms with E-state index in [0.29, 0.717) is 17.5 Å². The van der Waals surface area contributed by atoms with E-state index in [1.54, 1.807) is 0 Å². The van der Waals surface area contributed by atoms with Gasteiger partial charge in [-0.25, -0.2) is 15.0 Å². The van der Waals surface area contributed by atoms with Crippen LogP contribution in [-0.4, -0.2) is 19.5 Å². The molecule has 0 atom stereocenters. The Hall–Kier alpha value is -9.19. The fourth-order valence-corrected chi connectivity index (χ4v) is 11.7. The summed E-state index contributed by atoms with van der Waals surface area (Å²) in [7, 11) is 0. The lowest BCUT2D eigenvalue weighted by Crippen LogP contribution is -2.25. The number of rotatable bonds is 5. The second-order valence-electron chi connectivity index (χ2n) is 18.2. The average Bonchev–Trinajstić information content (AvgIpc) is 4.14. The van der Waals surface area contributed by atoms with E-state index in [-0.39, 0.29) is 0 Å². The first kappa shape index (κ1) is 38.0. The van der Waals surface area contributed by atoms with Crippen molar-refractivity contribution >= 4 is 43.7 Å². The minimum atomic E-state index is -0.427. The van der Waals surface area contributed by atoms with Crippen LogP contribution in [0.4, 0.5) is 0 Å². The quantitative estimate of drug-likeness (QED) is 0.173. The molecule has 10 aromatic carbocycles. The molecule has 69 heavy (non-hydrogen) atoms. The maximum absolute atomic E-state index is 6.69. The van der Waals surface area contributed by atoms with Crippen LogP contribution in [0.15, 0.2) is 235 Å². The number of hydrogen-bond acceptors (Lipinski definition) is 4. The SMILES string of the molecule is c1ccc(-c2nc(-c3cccc(-n4c5ccccc5c5cc6c(cc54)-c4ccccc4C64c5ccccc5-c5ccccc54)c3)nc(-c3ccc4c(c3)oc3c(-c5ccccc5)cccc34)n2)cc1. The van der Waals surface area contributed by atoms with E-state index in [2.05, 4.69) is 211 Å². The summed E-state index contributed by atoms with van der Waals surface area (Å²) in [5.74, 6) is 1.77. The topological polar surface area (TPSA) is 56.7 Å². The minimum absolute atomic E-state index is 0.427. The molecule has 0 amide bonds. The molecule has 3 heterocycles. The monoisotopic (exact) mass is 878 g/mol. The molecule has 0 saturated carbocycles. The number of furan rings is 1. The Labute approximate surface area is 397 Å². The van der Waals surface area contributed by atoms with Gasteiger partial charge < -0.3 is 8.98 Å². The predicted octanol–water partition coefficient (Wildman–Crippen LogP) is 15.9. The van der Waals surface area contributed by atoms with Crippen molar-refractivity contribution < 1.29 is 4.42 Å². The number of hydrogen-bond donors (Lipinski definition) is 0. The van der Waals surface area contributed by atoms with Crippen LogP contribution in [0.3, 0.4) is 0 Å². The van der Waals surface area contributed by atoms with Crippen LogP contribution < -0.4 is 0 Å². The van der Waals surface area contributed by atoms with Gasteiger partial charge in [-0.05, 0) is 92.5 Å². The highest BCUT2D eigenvalue weighted by Crippen LogP contribution is 2.63. The molecule has 1 spiro atoms. The molecule has 0 saturated heterocycles. The lowest BCUT2D eigenvalue weighted by Gasteiger charge is -2.30. The number of nitrogens with zero attached hydrogens (tertiary/aromatic N) is 4. The van der Waals surface area contributed by atoms with Crippen LogP contribution in [-0.2, 0) is 5.41 Å². The molecular weight excluding hydrogens is 841 g/mol. The van der Waals surface area contributed by atoms with Gasteiger partial charge in [-0.3, -0.25) is 0 Å². The first-order valence-electron chi connectivity index (χ1n) is 23.5. The highest BCUT2D eigenvalue weighted by molar-refractivity contribution is 6.13. The van der Waals surface area contributed by atoms with E-state index in [0.717, 1.165) is 66.5 Å². The van der Waals surface area contributed by atoms with Crippen LogP contribution in [0.25, 0.3) is 117 Å². The molecule has 5 heteroatoms. The van der Waals surface area contributed by atoms with Crippen LogP contribution in [0.5, 0.6) is 0 Å². The van der Waals surface area contributed by atoms with Crippen LogP contribution in [0, 0.1) is 0 Å². The van der Waals surface area contributed by atoms with Crippen LogP contribution >= 0.6 is 0 Å². The fraction of sp³-hybridized carbons (Fsp3) is 0.0156. The summed E-state index contributed by atoms with van der Waals surface area (Å²) in [4.78, 5) is 15.6. The maximum Gasteiger partial charge on any atom is 0.164 e. The highest BCUT2D eigenvalue weighted by Gasteiger charge is 2.51. The molecule has 0 unspecified atom stereocenters. The molecule has 15 rings (SSSR count). The molecule has 0 bridgehead atoms. The Morgan fingerprint density at radius 3 is 1.57 bits per heavy atom. The molecular formula is C64H38N4O. The first-order chi connectivity index (χ1) is 34.2. The maximum atomic E-state index is 6.69. The van der Waals surface area contributed by atoms with Crippen molar-refractivity contribution in [2.45, 2.75) is 5.41 Å². The van der Waals surface area contributed by atoms with Crippen molar-refractivity contribution in [3.63, 3.8) is 0 Å². The van der Waals surface area contributed by atoms with Gasteiger partial charge in [-0.2, -0.15) is 0 Å². The third kappa shape index (κ3) is 5.38. The number of benzene rings is 10. The van der Waals surface area contributed by atoms with Gasteiger partial charge in [0.1, 0.15) is 11.2 Å². The van der Waals surface area contributed by atoms with E-state index in [1.807, 2.05) is 24.3 Å². The standard InChI is InChI=1S/C64H38N4O/c1-3-17-39(18-4-1)44-27-16-28-50-49-34-33-42(36-59(49)69-60(44)50)63-66-61(40-19-5-2-6-20-40)65-62(67-63)41-21-15-22-43(35-41)68-57-32-14-10-26-48(57)52-37-56-51(38-58(52)68)47-25-9-13-31-55(47)64(56)53-29-11-7-23-45(53)46-24-8-12-30-54(46)64/h1-38H. The Morgan fingerprint density at radius 2 is 0.855 bits per heavy atom. The third-order valence-electron chi connectivity index (χ3n) is 14.7. The smallest absolute Gasteiger partial charge is 0.164 e. The summed E-state index contributed by atoms with van der Waals surface area (Å²) < 4.78 is 9.10. The van der Waals surface area contributed by atoms with Crippen molar-refractivity contribution in [2.75, 3.05) is 0 Å². The van der Waals surface area contributed by atoms with E-state index < -0.39 is 5.41 Å². The zero-order chi connectivity index (χ0) is 45.2. The molecule has 5 nitrogen and oxygen atoms in total. The third-order valence-corrected chi connectivity index (χ3v) is 14.7. The van der Waals surface area contributed by atoms with Gasteiger partial charge in [-0.15, -0.1) is 0 Å². The summed E-state index contributed by atoms with van der Waals surface area (Å²) in [6.45, 7) is 0. The average molecular weight is 879 g/mol. The number of para-hydroxylation sites is 2. The summed E-state index contributed by atoms with van der Waals surface area (Å²) >= 11 is 0. The summed E-state index contributed by atoms with van der Waals surface area (Å²) in [6, 6.07) is 82.6. The summed E-state index contributed by atoms with van der Waals surface area (Å²) in [6.07, 6.45) is 0. The molecule has 0 radical (unpaired) electrons. The Kier molecular flexibility index (Phi) is 7.93. The van der Waals surface area contributed by atoms with Crippen LogP contribution in [0.1, 0.15) is 22.3 Å². The zero-order valence-electron chi connectivity index (χ0n) is 37.1. The molecule has 0 fully saturated rings. The largest absolute Gasteiger partial charge is 0.455 e. The lowest BCUT2D eigenvalue weighted by molar-refractivity contribution is 0.670. The van der Waals surface area contributed by atoms with Gasteiger partial charge in [0.05, 0.1) is 16.4 Å². The summed E-state index contributed by atoms with van der Waals surface area (Å²) in [5.41, 5.74) is 19.8. The van der Waals surface area contributed by atoms with Crippen LogP contribution in [0.2, 0.25) is 0 Å². The van der Waals surface area contributed by atoms with E-state index in [4.69, 9.17) is 19.4 Å². The highest BCUT2D eigenvalue weighted by atomic mass is 16.3.